The van der Waals surface area contributed by atoms with Crippen LogP contribution in [0.3, 0.4) is 0 Å². The Morgan fingerprint density at radius 3 is 2.36 bits per heavy atom. The summed E-state index contributed by atoms with van der Waals surface area (Å²) in [7, 11) is 0. The third-order valence-electron chi connectivity index (χ3n) is 3.34. The highest BCUT2D eigenvalue weighted by atomic mass is 35.5. The van der Waals surface area contributed by atoms with Crippen LogP contribution in [0.15, 0.2) is 36.4 Å². The number of carbonyl (C=O) groups is 2. The molecule has 0 atom stereocenters. The highest BCUT2D eigenvalue weighted by Crippen LogP contribution is 2.43. The second-order valence-corrected chi connectivity index (χ2v) is 5.80. The van der Waals surface area contributed by atoms with Gasteiger partial charge in [-0.05, 0) is 11.6 Å². The Bertz CT molecular complexity index is 901. The summed E-state index contributed by atoms with van der Waals surface area (Å²) in [4.78, 5) is 25.8. The molecule has 0 amide bonds. The van der Waals surface area contributed by atoms with Crippen LogP contribution in [0.4, 0.5) is 0 Å². The van der Waals surface area contributed by atoms with Gasteiger partial charge in [-0.25, -0.2) is 0 Å². The monoisotopic (exact) mass is 351 g/mol. The minimum Gasteiger partial charge on any atom is -0.351 e. The molecular weight excluding hydrogens is 345 g/mol. The summed E-state index contributed by atoms with van der Waals surface area (Å²) in [6, 6.07) is 10.7. The molecule has 0 aliphatic carbocycles. The van der Waals surface area contributed by atoms with Gasteiger partial charge in [0.15, 0.2) is 6.29 Å². The maximum atomic E-state index is 12.0. The second kappa shape index (κ2) is 5.76. The van der Waals surface area contributed by atoms with E-state index in [0.29, 0.717) is 16.5 Å². The maximum absolute atomic E-state index is 12.0. The highest BCUT2D eigenvalue weighted by molar-refractivity contribution is 6.51. The molecule has 0 aliphatic rings. The third kappa shape index (κ3) is 2.31. The average molecular weight is 353 g/mol. The Kier molecular flexibility index (Phi) is 3.96. The average Bonchev–Trinajstić information content (AvgIpc) is 2.92. The minimum atomic E-state index is -0.668. The third-order valence-corrected chi connectivity index (χ3v) is 4.60. The fraction of sp³-hybridized carbons (Fsp3) is 0. The molecule has 110 valence electrons. The first-order chi connectivity index (χ1) is 10.5. The summed E-state index contributed by atoms with van der Waals surface area (Å²) < 4.78 is 0. The van der Waals surface area contributed by atoms with Crippen LogP contribution in [0, 0.1) is 0 Å². The van der Waals surface area contributed by atoms with Gasteiger partial charge in [-0.2, -0.15) is 0 Å². The first-order valence-electron chi connectivity index (χ1n) is 6.28. The van der Waals surface area contributed by atoms with Gasteiger partial charge in [-0.1, -0.05) is 65.1 Å². The summed E-state index contributed by atoms with van der Waals surface area (Å²) in [5.41, 5.74) is 2.00. The molecule has 2 aromatic carbocycles. The van der Waals surface area contributed by atoms with E-state index in [9.17, 15) is 9.59 Å². The fourth-order valence-electron chi connectivity index (χ4n) is 2.40. The number of fused-ring (bicyclic) bond motifs is 1. The van der Waals surface area contributed by atoms with Crippen LogP contribution < -0.4 is 0 Å². The van der Waals surface area contributed by atoms with Crippen LogP contribution in [-0.4, -0.2) is 17.1 Å². The van der Waals surface area contributed by atoms with Crippen LogP contribution in [-0.2, 0) is 4.79 Å². The van der Waals surface area contributed by atoms with Crippen molar-refractivity contribution in [3.05, 3.63) is 57.2 Å². The molecular formula is C16H8Cl3NO2. The number of ketones is 1. The van der Waals surface area contributed by atoms with E-state index in [0.717, 1.165) is 5.56 Å². The van der Waals surface area contributed by atoms with Crippen molar-refractivity contribution in [2.24, 2.45) is 0 Å². The lowest BCUT2D eigenvalue weighted by Crippen LogP contribution is -2.02. The zero-order chi connectivity index (χ0) is 15.9. The molecule has 3 nitrogen and oxygen atoms in total. The zero-order valence-corrected chi connectivity index (χ0v) is 13.3. The van der Waals surface area contributed by atoms with Crippen LogP contribution in [0.1, 0.15) is 10.5 Å². The predicted octanol–water partition coefficient (Wildman–Crippen LogP) is 5.18. The van der Waals surface area contributed by atoms with Gasteiger partial charge in [0.05, 0.1) is 20.8 Å². The molecule has 0 unspecified atom stereocenters. The number of halogens is 3. The predicted molar refractivity (Wildman–Crippen MR) is 89.2 cm³/mol. The number of benzene rings is 2. The van der Waals surface area contributed by atoms with E-state index in [2.05, 4.69) is 4.98 Å². The number of nitrogens with one attached hydrogen (secondary N) is 1. The van der Waals surface area contributed by atoms with Crippen molar-refractivity contribution in [2.45, 2.75) is 0 Å². The van der Waals surface area contributed by atoms with Crippen molar-refractivity contribution in [1.29, 1.82) is 0 Å². The van der Waals surface area contributed by atoms with Crippen molar-refractivity contribution in [3.8, 4) is 11.1 Å². The number of rotatable bonds is 3. The van der Waals surface area contributed by atoms with E-state index in [1.165, 1.54) is 0 Å². The van der Waals surface area contributed by atoms with Crippen LogP contribution >= 0.6 is 34.8 Å². The summed E-state index contributed by atoms with van der Waals surface area (Å²) in [5, 5.41) is 1.28. The Hall–Kier alpha value is -1.81. The normalized spacial score (nSPS) is 10.9. The molecule has 0 aliphatic heterocycles. The van der Waals surface area contributed by atoms with Gasteiger partial charge >= 0.3 is 0 Å². The lowest BCUT2D eigenvalue weighted by atomic mass is 10.0. The summed E-state index contributed by atoms with van der Waals surface area (Å²) in [6.07, 6.45) is 0.258. The molecule has 1 aromatic heterocycles. The van der Waals surface area contributed by atoms with Crippen molar-refractivity contribution in [3.63, 3.8) is 0 Å². The number of Topliss-reactive ketones (excluding diaryl/α,β-unsaturated/α-hetero) is 1. The minimum absolute atomic E-state index is 0.163. The number of aromatic amines is 1. The topological polar surface area (TPSA) is 49.9 Å². The van der Waals surface area contributed by atoms with E-state index in [1.807, 2.05) is 30.3 Å². The van der Waals surface area contributed by atoms with Crippen molar-refractivity contribution in [1.82, 2.24) is 4.98 Å². The van der Waals surface area contributed by atoms with Gasteiger partial charge in [-0.15, -0.1) is 0 Å². The molecule has 1 N–H and O–H groups in total. The van der Waals surface area contributed by atoms with E-state index in [4.69, 9.17) is 34.8 Å². The van der Waals surface area contributed by atoms with Gasteiger partial charge < -0.3 is 4.98 Å². The lowest BCUT2D eigenvalue weighted by Gasteiger charge is -2.05. The highest BCUT2D eigenvalue weighted by Gasteiger charge is 2.22. The molecule has 0 saturated carbocycles. The number of hydrogen-bond acceptors (Lipinski definition) is 2. The van der Waals surface area contributed by atoms with E-state index < -0.39 is 5.78 Å². The van der Waals surface area contributed by atoms with Crippen LogP contribution in [0.25, 0.3) is 22.0 Å². The molecule has 0 radical (unpaired) electrons. The first-order valence-corrected chi connectivity index (χ1v) is 7.42. The Morgan fingerprint density at radius 1 is 1.05 bits per heavy atom. The number of aromatic nitrogens is 1. The molecule has 0 spiro atoms. The maximum Gasteiger partial charge on any atom is 0.242 e. The molecule has 3 rings (SSSR count). The number of H-pyrrole nitrogens is 1. The molecule has 0 saturated heterocycles. The molecule has 3 aromatic rings. The van der Waals surface area contributed by atoms with E-state index in [1.54, 1.807) is 6.07 Å². The smallest absolute Gasteiger partial charge is 0.242 e. The summed E-state index contributed by atoms with van der Waals surface area (Å²) >= 11 is 18.4. The van der Waals surface area contributed by atoms with Crippen molar-refractivity contribution in [2.75, 3.05) is 0 Å². The number of aldehydes is 1. The Labute approximate surface area is 140 Å². The quantitative estimate of drug-likeness (QED) is 0.306. The molecule has 0 fully saturated rings. The molecule has 22 heavy (non-hydrogen) atoms. The molecule has 1 heterocycles. The van der Waals surface area contributed by atoms with Gasteiger partial charge in [0.1, 0.15) is 0 Å². The fourth-order valence-corrected chi connectivity index (χ4v) is 3.10. The van der Waals surface area contributed by atoms with Crippen molar-refractivity contribution >= 4 is 57.8 Å². The molecule has 0 bridgehead atoms. The Morgan fingerprint density at radius 2 is 1.73 bits per heavy atom. The van der Waals surface area contributed by atoms with Crippen LogP contribution in [0.5, 0.6) is 0 Å². The number of hydrogen-bond donors (Lipinski definition) is 1. The van der Waals surface area contributed by atoms with Crippen LogP contribution in [0.2, 0.25) is 15.1 Å². The lowest BCUT2D eigenvalue weighted by molar-refractivity contribution is -0.104. The van der Waals surface area contributed by atoms with Gasteiger partial charge in [0.25, 0.3) is 0 Å². The first kappa shape index (κ1) is 15.1. The van der Waals surface area contributed by atoms with Gasteiger partial charge in [-0.3, -0.25) is 9.59 Å². The van der Waals surface area contributed by atoms with Crippen molar-refractivity contribution < 1.29 is 9.59 Å². The van der Waals surface area contributed by atoms with Gasteiger partial charge in [0.2, 0.25) is 5.78 Å². The zero-order valence-electron chi connectivity index (χ0n) is 11.0. The summed E-state index contributed by atoms with van der Waals surface area (Å²) in [6.45, 7) is 0. The SMILES string of the molecule is O=CC(=O)c1[nH]c2cc(Cl)c(Cl)c(Cl)c2c1-c1ccccc1. The largest absolute Gasteiger partial charge is 0.351 e. The molecule has 6 heteroatoms. The van der Waals surface area contributed by atoms with Gasteiger partial charge in [0, 0.05) is 16.5 Å². The standard InChI is InChI=1S/C16H8Cl3NO2/c17-9-6-10-13(15(19)14(9)18)12(8-4-2-1-3-5-8)16(20-10)11(22)7-21/h1-7,20H. The summed E-state index contributed by atoms with van der Waals surface area (Å²) in [5.74, 6) is -0.668. The van der Waals surface area contributed by atoms with E-state index >= 15 is 0 Å². The second-order valence-electron chi connectivity index (χ2n) is 4.63. The Balaban J connectivity index is 2.48. The van der Waals surface area contributed by atoms with E-state index in [-0.39, 0.29) is 27.0 Å². The number of carbonyl (C=O) groups excluding carboxylic acids is 2.